The molecule has 3 aromatic rings. The summed E-state index contributed by atoms with van der Waals surface area (Å²) in [4.78, 5) is 12.1. The molecule has 3 heteroatoms. The SMILES string of the molecule is Cc1cccc(NC(=O)COc2ccccc2Cc2ccccc2)c1. The number of aryl methyl sites for hydroxylation is 1. The van der Waals surface area contributed by atoms with Crippen LogP contribution in [0.15, 0.2) is 78.9 Å². The van der Waals surface area contributed by atoms with E-state index in [1.54, 1.807) is 0 Å². The number of carbonyl (C=O) groups is 1. The predicted molar refractivity (Wildman–Crippen MR) is 101 cm³/mol. The molecule has 3 nitrogen and oxygen atoms in total. The number of hydrogen-bond acceptors (Lipinski definition) is 2. The van der Waals surface area contributed by atoms with Crippen molar-refractivity contribution in [3.05, 3.63) is 95.6 Å². The normalized spacial score (nSPS) is 10.3. The minimum atomic E-state index is -0.167. The Kier molecular flexibility index (Phi) is 5.47. The van der Waals surface area contributed by atoms with Gasteiger partial charge in [0.15, 0.2) is 6.61 Å². The Morgan fingerprint density at radius 1 is 0.920 bits per heavy atom. The maximum Gasteiger partial charge on any atom is 0.262 e. The summed E-state index contributed by atoms with van der Waals surface area (Å²) in [6.07, 6.45) is 0.774. The molecular weight excluding hydrogens is 310 g/mol. The van der Waals surface area contributed by atoms with Gasteiger partial charge in [-0.05, 0) is 41.8 Å². The molecule has 0 aliphatic rings. The van der Waals surface area contributed by atoms with Gasteiger partial charge in [-0.15, -0.1) is 0 Å². The Bertz CT molecular complexity index is 843. The highest BCUT2D eigenvalue weighted by molar-refractivity contribution is 5.91. The van der Waals surface area contributed by atoms with E-state index in [2.05, 4.69) is 17.4 Å². The number of rotatable bonds is 6. The molecule has 0 saturated carbocycles. The second kappa shape index (κ2) is 8.15. The molecule has 0 aromatic heterocycles. The summed E-state index contributed by atoms with van der Waals surface area (Å²) >= 11 is 0. The molecule has 0 radical (unpaired) electrons. The molecule has 0 bridgehead atoms. The molecule has 0 spiro atoms. The first-order valence-electron chi connectivity index (χ1n) is 8.32. The second-order valence-electron chi connectivity index (χ2n) is 5.98. The largest absolute Gasteiger partial charge is 0.483 e. The number of carbonyl (C=O) groups excluding carboxylic acids is 1. The van der Waals surface area contributed by atoms with Crippen LogP contribution in [0.1, 0.15) is 16.7 Å². The lowest BCUT2D eigenvalue weighted by Crippen LogP contribution is -2.20. The molecule has 0 aliphatic carbocycles. The summed E-state index contributed by atoms with van der Waals surface area (Å²) < 4.78 is 5.76. The molecule has 3 aromatic carbocycles. The van der Waals surface area contributed by atoms with E-state index in [0.717, 1.165) is 29.0 Å². The summed E-state index contributed by atoms with van der Waals surface area (Å²) in [6.45, 7) is 1.98. The number of hydrogen-bond donors (Lipinski definition) is 1. The van der Waals surface area contributed by atoms with Crippen molar-refractivity contribution in [2.24, 2.45) is 0 Å². The maximum absolute atomic E-state index is 12.1. The van der Waals surface area contributed by atoms with Crippen LogP contribution >= 0.6 is 0 Å². The Morgan fingerprint density at radius 2 is 1.68 bits per heavy atom. The lowest BCUT2D eigenvalue weighted by Gasteiger charge is -2.12. The molecule has 0 atom stereocenters. The Balaban J connectivity index is 1.62. The average Bonchev–Trinajstić information content (AvgIpc) is 2.62. The van der Waals surface area contributed by atoms with Gasteiger partial charge in [-0.25, -0.2) is 0 Å². The number of para-hydroxylation sites is 1. The highest BCUT2D eigenvalue weighted by atomic mass is 16.5. The standard InChI is InChI=1S/C22H21NO2/c1-17-8-7-12-20(14-17)23-22(24)16-25-21-13-6-5-11-19(21)15-18-9-3-2-4-10-18/h2-14H,15-16H2,1H3,(H,23,24). The van der Waals surface area contributed by atoms with E-state index in [-0.39, 0.29) is 12.5 Å². The predicted octanol–water partition coefficient (Wildman–Crippen LogP) is 4.60. The lowest BCUT2D eigenvalue weighted by atomic mass is 10.0. The zero-order valence-corrected chi connectivity index (χ0v) is 14.2. The number of ether oxygens (including phenoxy) is 1. The molecule has 25 heavy (non-hydrogen) atoms. The van der Waals surface area contributed by atoms with Gasteiger partial charge in [0, 0.05) is 12.1 Å². The number of benzene rings is 3. The van der Waals surface area contributed by atoms with Crippen LogP contribution in [0.2, 0.25) is 0 Å². The highest BCUT2D eigenvalue weighted by Crippen LogP contribution is 2.21. The van der Waals surface area contributed by atoms with Crippen LogP contribution in [-0.4, -0.2) is 12.5 Å². The summed E-state index contributed by atoms with van der Waals surface area (Å²) in [5.74, 6) is 0.575. The van der Waals surface area contributed by atoms with E-state index >= 15 is 0 Å². The first-order chi connectivity index (χ1) is 12.2. The Hall–Kier alpha value is -3.07. The lowest BCUT2D eigenvalue weighted by molar-refractivity contribution is -0.118. The Labute approximate surface area is 148 Å². The molecule has 1 amide bonds. The summed E-state index contributed by atoms with van der Waals surface area (Å²) in [5, 5.41) is 2.86. The van der Waals surface area contributed by atoms with Crippen molar-refractivity contribution in [2.45, 2.75) is 13.3 Å². The Morgan fingerprint density at radius 3 is 2.48 bits per heavy atom. The fourth-order valence-electron chi connectivity index (χ4n) is 2.67. The number of anilines is 1. The minimum Gasteiger partial charge on any atom is -0.483 e. The fraction of sp³-hybridized carbons (Fsp3) is 0.136. The third kappa shape index (κ3) is 4.95. The first-order valence-corrected chi connectivity index (χ1v) is 8.32. The zero-order chi connectivity index (χ0) is 17.5. The van der Waals surface area contributed by atoms with Crippen LogP contribution in [-0.2, 0) is 11.2 Å². The molecule has 0 aliphatic heterocycles. The maximum atomic E-state index is 12.1. The topological polar surface area (TPSA) is 38.3 Å². The van der Waals surface area contributed by atoms with Gasteiger partial charge in [0.1, 0.15) is 5.75 Å². The van der Waals surface area contributed by atoms with Crippen LogP contribution in [0.3, 0.4) is 0 Å². The summed E-state index contributed by atoms with van der Waals surface area (Å²) in [5.41, 5.74) is 4.16. The van der Waals surface area contributed by atoms with Gasteiger partial charge < -0.3 is 10.1 Å². The van der Waals surface area contributed by atoms with Gasteiger partial charge in [0.05, 0.1) is 0 Å². The third-order valence-electron chi connectivity index (χ3n) is 3.87. The van der Waals surface area contributed by atoms with E-state index in [1.807, 2.05) is 73.7 Å². The molecule has 3 rings (SSSR count). The van der Waals surface area contributed by atoms with Gasteiger partial charge in [-0.1, -0.05) is 60.7 Å². The fourth-order valence-corrected chi connectivity index (χ4v) is 2.67. The van der Waals surface area contributed by atoms with Crippen molar-refractivity contribution in [1.82, 2.24) is 0 Å². The zero-order valence-electron chi connectivity index (χ0n) is 14.2. The molecule has 126 valence electrons. The second-order valence-corrected chi connectivity index (χ2v) is 5.98. The van der Waals surface area contributed by atoms with Crippen LogP contribution in [0.4, 0.5) is 5.69 Å². The average molecular weight is 331 g/mol. The van der Waals surface area contributed by atoms with Crippen molar-refractivity contribution in [1.29, 1.82) is 0 Å². The summed E-state index contributed by atoms with van der Waals surface area (Å²) in [6, 6.07) is 25.8. The van der Waals surface area contributed by atoms with Crippen LogP contribution in [0.5, 0.6) is 5.75 Å². The van der Waals surface area contributed by atoms with Gasteiger partial charge in [0.25, 0.3) is 5.91 Å². The number of nitrogens with one attached hydrogen (secondary N) is 1. The highest BCUT2D eigenvalue weighted by Gasteiger charge is 2.08. The van der Waals surface area contributed by atoms with Crippen molar-refractivity contribution >= 4 is 11.6 Å². The molecule has 0 saturated heterocycles. The van der Waals surface area contributed by atoms with Crippen molar-refractivity contribution in [3.63, 3.8) is 0 Å². The number of amides is 1. The van der Waals surface area contributed by atoms with Gasteiger partial charge in [-0.2, -0.15) is 0 Å². The van der Waals surface area contributed by atoms with Crippen molar-refractivity contribution in [3.8, 4) is 5.75 Å². The van der Waals surface area contributed by atoms with E-state index in [9.17, 15) is 4.79 Å². The van der Waals surface area contributed by atoms with Crippen molar-refractivity contribution in [2.75, 3.05) is 11.9 Å². The first kappa shape index (κ1) is 16.8. The van der Waals surface area contributed by atoms with E-state index in [1.165, 1.54) is 5.56 Å². The van der Waals surface area contributed by atoms with Crippen LogP contribution in [0.25, 0.3) is 0 Å². The quantitative estimate of drug-likeness (QED) is 0.717. The van der Waals surface area contributed by atoms with Gasteiger partial charge >= 0.3 is 0 Å². The molecule has 0 fully saturated rings. The summed E-state index contributed by atoms with van der Waals surface area (Å²) in [7, 11) is 0. The van der Waals surface area contributed by atoms with E-state index < -0.39 is 0 Å². The van der Waals surface area contributed by atoms with Gasteiger partial charge in [-0.3, -0.25) is 4.79 Å². The monoisotopic (exact) mass is 331 g/mol. The van der Waals surface area contributed by atoms with E-state index in [4.69, 9.17) is 4.74 Å². The molecule has 0 heterocycles. The van der Waals surface area contributed by atoms with Crippen molar-refractivity contribution < 1.29 is 9.53 Å². The van der Waals surface area contributed by atoms with Gasteiger partial charge in [0.2, 0.25) is 0 Å². The van der Waals surface area contributed by atoms with Crippen LogP contribution in [0, 0.1) is 6.92 Å². The minimum absolute atomic E-state index is 0.0141. The molecular formula is C22H21NO2. The molecule has 1 N–H and O–H groups in total. The molecule has 0 unspecified atom stereocenters. The smallest absolute Gasteiger partial charge is 0.262 e. The van der Waals surface area contributed by atoms with Crippen LogP contribution < -0.4 is 10.1 Å². The van der Waals surface area contributed by atoms with E-state index in [0.29, 0.717) is 0 Å². The third-order valence-corrected chi connectivity index (χ3v) is 3.87.